The van der Waals surface area contributed by atoms with E-state index in [1.807, 2.05) is 0 Å². The summed E-state index contributed by atoms with van der Waals surface area (Å²) in [4.78, 5) is 2.46. The topological polar surface area (TPSA) is 43.7 Å². The van der Waals surface area contributed by atoms with Crippen molar-refractivity contribution in [3.63, 3.8) is 0 Å². The zero-order chi connectivity index (χ0) is 13.8. The van der Waals surface area contributed by atoms with Gasteiger partial charge in [-0.05, 0) is 43.4 Å². The van der Waals surface area contributed by atoms with Gasteiger partial charge in [-0.1, -0.05) is 26.7 Å². The number of likely N-dealkylation sites (tertiary alicyclic amines) is 1. The lowest BCUT2D eigenvalue weighted by Crippen LogP contribution is -2.46. The Balaban J connectivity index is 1.83. The normalized spacial score (nSPS) is 41.4. The lowest BCUT2D eigenvalue weighted by Gasteiger charge is -2.40. The molecule has 0 amide bonds. The third-order valence-electron chi connectivity index (χ3n) is 5.18. The molecule has 112 valence electrons. The highest BCUT2D eigenvalue weighted by Crippen LogP contribution is 2.33. The Morgan fingerprint density at radius 3 is 2.58 bits per heavy atom. The molecule has 5 atom stereocenters. The molecule has 0 aromatic rings. The number of hydrogen-bond acceptors (Lipinski definition) is 3. The first-order valence-corrected chi connectivity index (χ1v) is 8.18. The molecule has 0 spiro atoms. The monoisotopic (exact) mass is 269 g/mol. The number of hydrogen-bond donors (Lipinski definition) is 2. The summed E-state index contributed by atoms with van der Waals surface area (Å²) in [6.45, 7) is 7.40. The predicted molar refractivity (Wildman–Crippen MR) is 78.0 cm³/mol. The fourth-order valence-electron chi connectivity index (χ4n) is 3.93. The van der Waals surface area contributed by atoms with Crippen molar-refractivity contribution in [2.75, 3.05) is 19.6 Å². The van der Waals surface area contributed by atoms with Crippen LogP contribution in [0.25, 0.3) is 0 Å². The van der Waals surface area contributed by atoms with Gasteiger partial charge in [-0.15, -0.1) is 0 Å². The van der Waals surface area contributed by atoms with Gasteiger partial charge >= 0.3 is 0 Å². The fraction of sp³-hybridized carbons (Fsp3) is 1.00. The molecule has 0 radical (unpaired) electrons. The molecule has 0 bridgehead atoms. The molecular weight excluding hydrogens is 238 g/mol. The second-order valence-corrected chi connectivity index (χ2v) is 6.89. The van der Waals surface area contributed by atoms with Gasteiger partial charge < -0.3 is 15.1 Å². The maximum absolute atomic E-state index is 10.2. The molecule has 19 heavy (non-hydrogen) atoms. The summed E-state index contributed by atoms with van der Waals surface area (Å²) in [7, 11) is 0. The van der Waals surface area contributed by atoms with E-state index in [-0.39, 0.29) is 12.2 Å². The molecule has 2 rings (SSSR count). The van der Waals surface area contributed by atoms with E-state index in [0.29, 0.717) is 11.8 Å². The van der Waals surface area contributed by atoms with Gasteiger partial charge in [0.25, 0.3) is 0 Å². The van der Waals surface area contributed by atoms with Crippen LogP contribution >= 0.6 is 0 Å². The van der Waals surface area contributed by atoms with Gasteiger partial charge in [0.05, 0.1) is 12.2 Å². The molecule has 1 saturated carbocycles. The molecule has 2 N–H and O–H groups in total. The third-order valence-corrected chi connectivity index (χ3v) is 5.18. The van der Waals surface area contributed by atoms with Crippen molar-refractivity contribution in [1.82, 2.24) is 4.90 Å². The second-order valence-electron chi connectivity index (χ2n) is 6.89. The molecular formula is C16H31NO2. The van der Waals surface area contributed by atoms with Gasteiger partial charge in [0.2, 0.25) is 0 Å². The van der Waals surface area contributed by atoms with Gasteiger partial charge in [-0.2, -0.15) is 0 Å². The van der Waals surface area contributed by atoms with Gasteiger partial charge in [-0.3, -0.25) is 0 Å². The molecule has 1 saturated heterocycles. The summed E-state index contributed by atoms with van der Waals surface area (Å²) >= 11 is 0. The van der Waals surface area contributed by atoms with E-state index in [1.54, 1.807) is 0 Å². The highest BCUT2D eigenvalue weighted by molar-refractivity contribution is 4.84. The molecule has 5 unspecified atom stereocenters. The Hall–Kier alpha value is -0.120. The second kappa shape index (κ2) is 7.05. The van der Waals surface area contributed by atoms with Gasteiger partial charge in [0.15, 0.2) is 0 Å². The van der Waals surface area contributed by atoms with E-state index in [4.69, 9.17) is 0 Å². The summed E-state index contributed by atoms with van der Waals surface area (Å²) in [6, 6.07) is 0. The van der Waals surface area contributed by atoms with Crippen LogP contribution in [0.2, 0.25) is 0 Å². The van der Waals surface area contributed by atoms with Crippen molar-refractivity contribution in [2.24, 2.45) is 17.8 Å². The van der Waals surface area contributed by atoms with Gasteiger partial charge in [0.1, 0.15) is 0 Å². The summed E-state index contributed by atoms with van der Waals surface area (Å²) in [6.07, 6.45) is 6.64. The average Bonchev–Trinajstić information content (AvgIpc) is 2.38. The summed E-state index contributed by atoms with van der Waals surface area (Å²) in [5.74, 6) is 1.65. The Labute approximate surface area is 118 Å². The SMILES string of the molecule is CCCC1CCC(O)C(CN2CCC(O)C(C)C2)C1. The van der Waals surface area contributed by atoms with Crippen LogP contribution in [0.3, 0.4) is 0 Å². The van der Waals surface area contributed by atoms with Crippen LogP contribution in [0, 0.1) is 17.8 Å². The molecule has 1 aliphatic heterocycles. The van der Waals surface area contributed by atoms with E-state index < -0.39 is 0 Å². The van der Waals surface area contributed by atoms with Crippen molar-refractivity contribution in [2.45, 2.75) is 64.6 Å². The lowest BCUT2D eigenvalue weighted by molar-refractivity contribution is -0.00653. The molecule has 0 aromatic heterocycles. The minimum Gasteiger partial charge on any atom is -0.393 e. The summed E-state index contributed by atoms with van der Waals surface area (Å²) in [5.41, 5.74) is 0. The molecule has 1 aliphatic carbocycles. The largest absolute Gasteiger partial charge is 0.393 e. The Morgan fingerprint density at radius 1 is 1.11 bits per heavy atom. The van der Waals surface area contributed by atoms with Gasteiger partial charge in [-0.25, -0.2) is 0 Å². The Kier molecular flexibility index (Phi) is 5.67. The zero-order valence-electron chi connectivity index (χ0n) is 12.6. The molecule has 2 aliphatic rings. The van der Waals surface area contributed by atoms with Crippen LogP contribution in [0.5, 0.6) is 0 Å². The van der Waals surface area contributed by atoms with Crippen molar-refractivity contribution in [1.29, 1.82) is 0 Å². The van der Waals surface area contributed by atoms with Crippen LogP contribution in [0.1, 0.15) is 52.4 Å². The van der Waals surface area contributed by atoms with E-state index in [9.17, 15) is 10.2 Å². The lowest BCUT2D eigenvalue weighted by atomic mass is 9.77. The van der Waals surface area contributed by atoms with E-state index in [0.717, 1.165) is 38.4 Å². The fourth-order valence-corrected chi connectivity index (χ4v) is 3.93. The number of nitrogens with zero attached hydrogens (tertiary/aromatic N) is 1. The quantitative estimate of drug-likeness (QED) is 0.823. The van der Waals surface area contributed by atoms with Crippen LogP contribution < -0.4 is 0 Å². The number of aliphatic hydroxyl groups excluding tert-OH is 2. The molecule has 3 heteroatoms. The predicted octanol–water partition coefficient (Wildman–Crippen LogP) is 2.27. The minimum atomic E-state index is -0.125. The number of rotatable bonds is 4. The standard InChI is InChI=1S/C16H31NO2/c1-3-4-13-5-6-16(19)14(9-13)11-17-8-7-15(18)12(2)10-17/h12-16,18-19H,3-11H2,1-2H3. The van der Waals surface area contributed by atoms with E-state index in [2.05, 4.69) is 18.7 Å². The number of piperidine rings is 1. The smallest absolute Gasteiger partial charge is 0.0590 e. The maximum Gasteiger partial charge on any atom is 0.0590 e. The Morgan fingerprint density at radius 2 is 1.89 bits per heavy atom. The first-order chi connectivity index (χ1) is 9.10. The van der Waals surface area contributed by atoms with Crippen molar-refractivity contribution in [3.05, 3.63) is 0 Å². The van der Waals surface area contributed by atoms with Crippen molar-refractivity contribution < 1.29 is 10.2 Å². The van der Waals surface area contributed by atoms with Gasteiger partial charge in [0, 0.05) is 19.6 Å². The molecule has 3 nitrogen and oxygen atoms in total. The molecule has 0 aromatic carbocycles. The highest BCUT2D eigenvalue weighted by Gasteiger charge is 2.32. The van der Waals surface area contributed by atoms with Crippen LogP contribution in [0.15, 0.2) is 0 Å². The maximum atomic E-state index is 10.2. The summed E-state index contributed by atoms with van der Waals surface area (Å²) < 4.78 is 0. The zero-order valence-corrected chi connectivity index (χ0v) is 12.6. The molecule has 2 fully saturated rings. The van der Waals surface area contributed by atoms with Crippen LogP contribution in [0.4, 0.5) is 0 Å². The first-order valence-electron chi connectivity index (χ1n) is 8.18. The third kappa shape index (κ3) is 4.17. The Bertz CT molecular complexity index is 271. The van der Waals surface area contributed by atoms with E-state index in [1.165, 1.54) is 25.7 Å². The highest BCUT2D eigenvalue weighted by atomic mass is 16.3. The van der Waals surface area contributed by atoms with Crippen molar-refractivity contribution >= 4 is 0 Å². The van der Waals surface area contributed by atoms with Crippen LogP contribution in [-0.4, -0.2) is 47.0 Å². The van der Waals surface area contributed by atoms with E-state index >= 15 is 0 Å². The molecule has 1 heterocycles. The number of aliphatic hydroxyl groups is 2. The first kappa shape index (κ1) is 15.3. The summed E-state index contributed by atoms with van der Waals surface area (Å²) in [5, 5.41) is 20.0. The minimum absolute atomic E-state index is 0.102. The van der Waals surface area contributed by atoms with Crippen LogP contribution in [-0.2, 0) is 0 Å². The average molecular weight is 269 g/mol. The van der Waals surface area contributed by atoms with Crippen molar-refractivity contribution in [3.8, 4) is 0 Å².